The number of piperazine rings is 1. The van der Waals surface area contributed by atoms with Crippen LogP contribution in [0.4, 0.5) is 23.2 Å². The molecule has 5 aromatic rings. The predicted molar refractivity (Wildman–Crippen MR) is 241 cm³/mol. The molecular weight excluding hydrogens is 910 g/mol. The molecule has 21 heteroatoms. The van der Waals surface area contributed by atoms with E-state index in [1.807, 2.05) is 42.2 Å². The highest BCUT2D eigenvalue weighted by molar-refractivity contribution is 6.33. The van der Waals surface area contributed by atoms with Crippen molar-refractivity contribution in [2.75, 3.05) is 44.2 Å². The van der Waals surface area contributed by atoms with Gasteiger partial charge in [0.2, 0.25) is 11.8 Å². The molecule has 16 nitrogen and oxygen atoms in total. The van der Waals surface area contributed by atoms with Crippen molar-refractivity contribution in [1.82, 2.24) is 50.3 Å². The monoisotopic (exact) mass is 957 g/mol. The number of halogens is 5. The van der Waals surface area contributed by atoms with E-state index in [9.17, 15) is 37.1 Å². The van der Waals surface area contributed by atoms with Crippen molar-refractivity contribution in [3.05, 3.63) is 111 Å². The molecule has 1 atom stereocenters. The molecule has 0 radical (unpaired) electrons. The molecule has 5 amide bonds. The number of carbonyl (C=O) groups excluding carboxylic acids is 5. The van der Waals surface area contributed by atoms with E-state index in [1.165, 1.54) is 12.3 Å². The Kier molecular flexibility index (Phi) is 12.5. The molecule has 3 aromatic carbocycles. The van der Waals surface area contributed by atoms with Crippen LogP contribution in [0.15, 0.2) is 60.9 Å². The number of anilines is 1. The lowest BCUT2D eigenvalue weighted by atomic mass is 9.92. The van der Waals surface area contributed by atoms with Crippen LogP contribution in [0, 0.1) is 12.7 Å². The standard InChI is InChI=1S/C47H48ClF4N11O5/c1-26-18-28(5-7-36(26)62-25-29(22-54-62)41(65)53-23-39-55-45(58-57-39)46(2,3)47(50,51)52)31-6-4-27(19-34(31)48)24-59-12-10-30(11-13-59)60-14-16-61(17-15-60)38-21-33-32(20-35(38)49)43(67)63(44(33)68)37-8-9-40(64)56-42(37)66/h4-7,18-22,25,30,37H,8-17,23-24H2,1-3H3,(H,53,65)(H,55,57,58)(H,56,64,66). The zero-order valence-corrected chi connectivity index (χ0v) is 38.2. The smallest absolute Gasteiger partial charge is 0.367 e. The first-order chi connectivity index (χ1) is 32.4. The number of H-pyrrole nitrogens is 1. The summed E-state index contributed by atoms with van der Waals surface area (Å²) in [7, 11) is 0. The minimum absolute atomic E-state index is 0.00236. The molecule has 9 rings (SSSR count). The van der Waals surface area contributed by atoms with Crippen LogP contribution < -0.4 is 15.5 Å². The van der Waals surface area contributed by atoms with Gasteiger partial charge in [-0.3, -0.25) is 49.1 Å². The molecule has 4 aliphatic heterocycles. The van der Waals surface area contributed by atoms with Crippen LogP contribution in [0.5, 0.6) is 0 Å². The van der Waals surface area contributed by atoms with Gasteiger partial charge in [-0.25, -0.2) is 14.1 Å². The van der Waals surface area contributed by atoms with Crippen LogP contribution in [-0.4, -0.2) is 127 Å². The zero-order valence-electron chi connectivity index (χ0n) is 37.4. The van der Waals surface area contributed by atoms with Gasteiger partial charge in [-0.05, 0) is 100 Å². The number of rotatable bonds is 11. The molecule has 356 valence electrons. The molecule has 0 saturated carbocycles. The molecule has 0 bridgehead atoms. The number of likely N-dealkylation sites (tertiary alicyclic amines) is 1. The van der Waals surface area contributed by atoms with E-state index in [0.29, 0.717) is 37.2 Å². The topological polar surface area (TPSA) is 182 Å². The molecule has 3 N–H and O–H groups in total. The van der Waals surface area contributed by atoms with Crippen LogP contribution in [0.25, 0.3) is 16.8 Å². The van der Waals surface area contributed by atoms with Crippen molar-refractivity contribution >= 4 is 46.8 Å². The molecule has 68 heavy (non-hydrogen) atoms. The van der Waals surface area contributed by atoms with E-state index in [4.69, 9.17) is 11.6 Å². The van der Waals surface area contributed by atoms with Crippen molar-refractivity contribution in [3.8, 4) is 16.8 Å². The summed E-state index contributed by atoms with van der Waals surface area (Å²) < 4.78 is 57.3. The lowest BCUT2D eigenvalue weighted by molar-refractivity contribution is -0.182. The van der Waals surface area contributed by atoms with Crippen molar-refractivity contribution in [1.29, 1.82) is 0 Å². The maximum Gasteiger partial charge on any atom is 0.401 e. The first-order valence-corrected chi connectivity index (χ1v) is 22.7. The number of amides is 5. The molecule has 0 aliphatic carbocycles. The summed E-state index contributed by atoms with van der Waals surface area (Å²) in [5.41, 5.74) is 2.71. The summed E-state index contributed by atoms with van der Waals surface area (Å²) >= 11 is 6.89. The summed E-state index contributed by atoms with van der Waals surface area (Å²) in [5, 5.41) is 16.0. The highest BCUT2D eigenvalue weighted by Crippen LogP contribution is 2.39. The predicted octanol–water partition coefficient (Wildman–Crippen LogP) is 5.72. The van der Waals surface area contributed by atoms with E-state index in [2.05, 4.69) is 46.8 Å². The third-order valence-corrected chi connectivity index (χ3v) is 13.8. The lowest BCUT2D eigenvalue weighted by Gasteiger charge is -2.43. The van der Waals surface area contributed by atoms with Gasteiger partial charge in [-0.2, -0.15) is 23.4 Å². The Balaban J connectivity index is 0.749. The van der Waals surface area contributed by atoms with Gasteiger partial charge in [-0.15, -0.1) is 0 Å². The number of fused-ring (bicyclic) bond motifs is 1. The number of piperidine rings is 2. The Hall–Kier alpha value is -6.51. The normalized spacial score (nSPS) is 18.9. The lowest BCUT2D eigenvalue weighted by Crippen LogP contribution is -2.54. The minimum Gasteiger partial charge on any atom is -0.367 e. The second kappa shape index (κ2) is 18.2. The van der Waals surface area contributed by atoms with E-state index in [1.54, 1.807) is 10.9 Å². The number of aryl methyl sites for hydroxylation is 1. The third kappa shape index (κ3) is 8.99. The SMILES string of the molecule is Cc1cc(-c2ccc(CN3CCC(N4CCN(c5cc6c(cc5F)C(=O)N(C5CCC(=O)NC5=O)C6=O)CC4)CC3)cc2Cl)ccc1-n1cc(C(=O)NCc2nc(C(C)(C)C(F)(F)F)n[nH]2)cn1. The van der Waals surface area contributed by atoms with Gasteiger partial charge < -0.3 is 10.2 Å². The third-order valence-electron chi connectivity index (χ3n) is 13.5. The molecule has 0 spiro atoms. The summed E-state index contributed by atoms with van der Waals surface area (Å²) in [6.45, 7) is 8.78. The van der Waals surface area contributed by atoms with Crippen LogP contribution in [0.3, 0.4) is 0 Å². The maximum absolute atomic E-state index is 15.5. The van der Waals surface area contributed by atoms with E-state index >= 15 is 4.39 Å². The fraction of sp³-hybridized carbons (Fsp3) is 0.404. The van der Waals surface area contributed by atoms with Gasteiger partial charge in [0, 0.05) is 62.0 Å². The van der Waals surface area contributed by atoms with Gasteiger partial charge in [0.25, 0.3) is 17.7 Å². The molecular formula is C47H48ClF4N11O5. The van der Waals surface area contributed by atoms with Crippen molar-refractivity contribution < 1.29 is 41.5 Å². The maximum atomic E-state index is 15.5. The number of nitrogens with zero attached hydrogens (tertiary/aromatic N) is 8. The second-order valence-electron chi connectivity index (χ2n) is 18.2. The summed E-state index contributed by atoms with van der Waals surface area (Å²) in [4.78, 5) is 75.1. The van der Waals surface area contributed by atoms with E-state index < -0.39 is 58.8 Å². The fourth-order valence-electron chi connectivity index (χ4n) is 9.34. The fourth-order valence-corrected chi connectivity index (χ4v) is 9.65. The quantitative estimate of drug-likeness (QED) is 0.109. The molecule has 4 aliphatic rings. The van der Waals surface area contributed by atoms with Gasteiger partial charge in [0.15, 0.2) is 5.82 Å². The minimum atomic E-state index is -4.55. The van der Waals surface area contributed by atoms with Crippen molar-refractivity contribution in [3.63, 3.8) is 0 Å². The van der Waals surface area contributed by atoms with E-state index in [0.717, 1.165) is 85.2 Å². The number of aromatic nitrogens is 5. The first-order valence-electron chi connectivity index (χ1n) is 22.3. The largest absolute Gasteiger partial charge is 0.401 e. The summed E-state index contributed by atoms with van der Waals surface area (Å²) in [5.74, 6) is -3.99. The average molecular weight is 958 g/mol. The highest BCUT2D eigenvalue weighted by atomic mass is 35.5. The molecule has 6 heterocycles. The number of aromatic amines is 1. The van der Waals surface area contributed by atoms with E-state index in [-0.39, 0.29) is 47.6 Å². The molecule has 3 saturated heterocycles. The molecule has 1 unspecified atom stereocenters. The Labute approximate surface area is 393 Å². The average Bonchev–Trinajstić information content (AvgIpc) is 4.05. The summed E-state index contributed by atoms with van der Waals surface area (Å²) in [6, 6.07) is 13.7. The Bertz CT molecular complexity index is 2830. The number of hydrogen-bond donors (Lipinski definition) is 3. The highest BCUT2D eigenvalue weighted by Gasteiger charge is 2.51. The zero-order chi connectivity index (χ0) is 48.2. The van der Waals surface area contributed by atoms with Gasteiger partial charge in [-0.1, -0.05) is 29.8 Å². The second-order valence-corrected chi connectivity index (χ2v) is 18.6. The number of alkyl halides is 3. The summed E-state index contributed by atoms with van der Waals surface area (Å²) in [6.07, 6.45) is 0.392. The van der Waals surface area contributed by atoms with Crippen LogP contribution in [0.2, 0.25) is 5.02 Å². The van der Waals surface area contributed by atoms with Gasteiger partial charge in [0.05, 0.1) is 40.8 Å². The number of imide groups is 2. The van der Waals surface area contributed by atoms with Crippen LogP contribution in [-0.2, 0) is 28.1 Å². The van der Waals surface area contributed by atoms with Crippen LogP contribution in [0.1, 0.15) is 93.4 Å². The molecule has 2 aromatic heterocycles. The Morgan fingerprint density at radius 3 is 2.28 bits per heavy atom. The van der Waals surface area contributed by atoms with Gasteiger partial charge in [0.1, 0.15) is 23.1 Å². The molecule has 3 fully saturated rings. The number of nitrogens with one attached hydrogen (secondary N) is 3. The van der Waals surface area contributed by atoms with Crippen LogP contribution >= 0.6 is 11.6 Å². The number of benzene rings is 3. The van der Waals surface area contributed by atoms with Gasteiger partial charge >= 0.3 is 6.18 Å². The first kappa shape index (κ1) is 46.6. The Morgan fingerprint density at radius 2 is 1.60 bits per heavy atom. The number of hydrogen-bond acceptors (Lipinski definition) is 11. The van der Waals surface area contributed by atoms with Crippen molar-refractivity contribution in [2.24, 2.45) is 0 Å². The Morgan fingerprint density at radius 1 is 0.882 bits per heavy atom. The number of carbonyl (C=O) groups is 5. The van der Waals surface area contributed by atoms with Crippen molar-refractivity contribution in [2.45, 2.75) is 83.2 Å².